The summed E-state index contributed by atoms with van der Waals surface area (Å²) in [4.78, 5) is 14.4. The van der Waals surface area contributed by atoms with Crippen LogP contribution in [-0.4, -0.2) is 30.4 Å². The lowest BCUT2D eigenvalue weighted by atomic mass is 10.0. The molecule has 116 valence electrons. The van der Waals surface area contributed by atoms with Crippen LogP contribution >= 0.6 is 0 Å². The van der Waals surface area contributed by atoms with Crippen molar-refractivity contribution in [1.29, 1.82) is 0 Å². The highest BCUT2D eigenvalue weighted by Gasteiger charge is 2.16. The van der Waals surface area contributed by atoms with Crippen LogP contribution in [-0.2, 0) is 4.79 Å². The number of carbonyl (C=O) groups excluding carboxylic acids is 1. The van der Waals surface area contributed by atoms with E-state index in [9.17, 15) is 4.79 Å². The molecular weight excluding hydrogens is 260 g/mol. The number of rotatable bonds is 5. The van der Waals surface area contributed by atoms with E-state index in [0.717, 1.165) is 31.2 Å². The van der Waals surface area contributed by atoms with Crippen LogP contribution in [0.15, 0.2) is 24.3 Å². The van der Waals surface area contributed by atoms with Crippen molar-refractivity contribution in [3.05, 3.63) is 29.8 Å². The number of benzene rings is 1. The maximum atomic E-state index is 12.0. The van der Waals surface area contributed by atoms with Gasteiger partial charge < -0.3 is 10.2 Å². The lowest BCUT2D eigenvalue weighted by Gasteiger charge is -2.30. The minimum absolute atomic E-state index is 0.116. The molecular formula is C18H28N2O. The molecule has 0 radical (unpaired) electrons. The Morgan fingerprint density at radius 1 is 1.33 bits per heavy atom. The summed E-state index contributed by atoms with van der Waals surface area (Å²) in [6.07, 6.45) is 3.17. The first-order valence-electron chi connectivity index (χ1n) is 8.16. The van der Waals surface area contributed by atoms with E-state index in [1.807, 2.05) is 12.1 Å². The number of hydrogen-bond donors (Lipinski definition) is 1. The summed E-state index contributed by atoms with van der Waals surface area (Å²) in [6.45, 7) is 9.79. The third-order valence-electron chi connectivity index (χ3n) is 4.26. The highest BCUT2D eigenvalue weighted by molar-refractivity contribution is 5.90. The fourth-order valence-electron chi connectivity index (χ4n) is 2.92. The number of likely N-dealkylation sites (tertiary alicyclic amines) is 1. The number of carbonyl (C=O) groups is 1. The first-order valence-corrected chi connectivity index (χ1v) is 8.16. The van der Waals surface area contributed by atoms with Crippen LogP contribution in [0.1, 0.15) is 51.5 Å². The standard InChI is InChI=1S/C18H28N2O/c1-14(2)16-6-8-17(9-7-16)19-18(21)10-12-20-11-4-5-15(3)13-20/h6-9,14-15H,4-5,10-13H2,1-3H3,(H,19,21). The SMILES string of the molecule is CC1CCCN(CCC(=O)Nc2ccc(C(C)C)cc2)C1. The quantitative estimate of drug-likeness (QED) is 0.892. The average Bonchev–Trinajstić information content (AvgIpc) is 2.46. The molecule has 1 aromatic rings. The lowest BCUT2D eigenvalue weighted by molar-refractivity contribution is -0.116. The van der Waals surface area contributed by atoms with E-state index < -0.39 is 0 Å². The molecule has 3 nitrogen and oxygen atoms in total. The Balaban J connectivity index is 1.76. The van der Waals surface area contributed by atoms with Crippen molar-refractivity contribution >= 4 is 11.6 Å². The van der Waals surface area contributed by atoms with E-state index in [4.69, 9.17) is 0 Å². The molecule has 1 saturated heterocycles. The second-order valence-electron chi connectivity index (χ2n) is 6.62. The van der Waals surface area contributed by atoms with E-state index in [-0.39, 0.29) is 5.91 Å². The molecule has 3 heteroatoms. The van der Waals surface area contributed by atoms with Crippen LogP contribution in [0.4, 0.5) is 5.69 Å². The average molecular weight is 288 g/mol. The van der Waals surface area contributed by atoms with E-state index >= 15 is 0 Å². The third-order valence-corrected chi connectivity index (χ3v) is 4.26. The second-order valence-corrected chi connectivity index (χ2v) is 6.62. The molecule has 2 rings (SSSR count). The first-order chi connectivity index (χ1) is 10.0. The van der Waals surface area contributed by atoms with Gasteiger partial charge in [0.1, 0.15) is 0 Å². The zero-order valence-electron chi connectivity index (χ0n) is 13.6. The largest absolute Gasteiger partial charge is 0.326 e. The Morgan fingerprint density at radius 2 is 2.05 bits per heavy atom. The van der Waals surface area contributed by atoms with E-state index in [1.165, 1.54) is 18.4 Å². The molecule has 1 heterocycles. The smallest absolute Gasteiger partial charge is 0.225 e. The van der Waals surface area contributed by atoms with Crippen LogP contribution < -0.4 is 5.32 Å². The molecule has 1 aliphatic rings. The summed E-state index contributed by atoms with van der Waals surface area (Å²) in [6, 6.07) is 8.17. The van der Waals surface area contributed by atoms with Gasteiger partial charge >= 0.3 is 0 Å². The van der Waals surface area contributed by atoms with Gasteiger partial charge in [-0.3, -0.25) is 4.79 Å². The van der Waals surface area contributed by atoms with Crippen LogP contribution in [0.5, 0.6) is 0 Å². The lowest BCUT2D eigenvalue weighted by Crippen LogP contribution is -2.36. The molecule has 0 bridgehead atoms. The normalized spacial score (nSPS) is 19.7. The highest BCUT2D eigenvalue weighted by Crippen LogP contribution is 2.18. The van der Waals surface area contributed by atoms with Crippen molar-refractivity contribution in [1.82, 2.24) is 4.90 Å². The fraction of sp³-hybridized carbons (Fsp3) is 0.611. The Hall–Kier alpha value is -1.35. The third kappa shape index (κ3) is 5.16. The van der Waals surface area contributed by atoms with Gasteiger partial charge in [-0.15, -0.1) is 0 Å². The Bertz CT molecular complexity index is 453. The predicted octanol–water partition coefficient (Wildman–Crippen LogP) is 3.87. The molecule has 1 atom stereocenters. The van der Waals surface area contributed by atoms with Crippen LogP contribution in [0.2, 0.25) is 0 Å². The molecule has 21 heavy (non-hydrogen) atoms. The van der Waals surface area contributed by atoms with Gasteiger partial charge in [0.2, 0.25) is 5.91 Å². The highest BCUT2D eigenvalue weighted by atomic mass is 16.1. The number of hydrogen-bond acceptors (Lipinski definition) is 2. The predicted molar refractivity (Wildman–Crippen MR) is 88.6 cm³/mol. The van der Waals surface area contributed by atoms with Crippen LogP contribution in [0.3, 0.4) is 0 Å². The van der Waals surface area contributed by atoms with Gasteiger partial charge in [-0.1, -0.05) is 32.9 Å². The van der Waals surface area contributed by atoms with Gasteiger partial charge in [-0.25, -0.2) is 0 Å². The molecule has 1 aromatic carbocycles. The summed E-state index contributed by atoms with van der Waals surface area (Å²) in [5, 5.41) is 2.99. The Morgan fingerprint density at radius 3 is 2.67 bits per heavy atom. The zero-order chi connectivity index (χ0) is 15.2. The van der Waals surface area contributed by atoms with Crippen molar-refractivity contribution in [2.24, 2.45) is 5.92 Å². The fourth-order valence-corrected chi connectivity index (χ4v) is 2.92. The van der Waals surface area contributed by atoms with E-state index in [2.05, 4.69) is 43.1 Å². The van der Waals surface area contributed by atoms with E-state index in [1.54, 1.807) is 0 Å². The van der Waals surface area contributed by atoms with Crippen molar-refractivity contribution in [3.63, 3.8) is 0 Å². The zero-order valence-corrected chi connectivity index (χ0v) is 13.6. The van der Waals surface area contributed by atoms with Crippen molar-refractivity contribution in [2.75, 3.05) is 25.0 Å². The maximum Gasteiger partial charge on any atom is 0.225 e. The van der Waals surface area contributed by atoms with Crippen LogP contribution in [0.25, 0.3) is 0 Å². The Labute approximate surface area is 128 Å². The molecule has 0 saturated carbocycles. The van der Waals surface area contributed by atoms with E-state index in [0.29, 0.717) is 12.3 Å². The van der Waals surface area contributed by atoms with Gasteiger partial charge in [-0.05, 0) is 48.9 Å². The maximum absolute atomic E-state index is 12.0. The Kier molecular flexibility index (Phi) is 5.80. The van der Waals surface area contributed by atoms with Crippen LogP contribution in [0, 0.1) is 5.92 Å². The number of nitrogens with zero attached hydrogens (tertiary/aromatic N) is 1. The van der Waals surface area contributed by atoms with Gasteiger partial charge in [0.25, 0.3) is 0 Å². The molecule has 1 unspecified atom stereocenters. The summed E-state index contributed by atoms with van der Waals surface area (Å²) in [5.74, 6) is 1.41. The van der Waals surface area contributed by atoms with Gasteiger partial charge in [0.15, 0.2) is 0 Å². The van der Waals surface area contributed by atoms with Crippen molar-refractivity contribution in [3.8, 4) is 0 Å². The first kappa shape index (κ1) is 16.0. The molecule has 0 aliphatic carbocycles. The molecule has 1 amide bonds. The minimum Gasteiger partial charge on any atom is -0.326 e. The monoisotopic (exact) mass is 288 g/mol. The molecule has 1 fully saturated rings. The van der Waals surface area contributed by atoms with Crippen molar-refractivity contribution in [2.45, 2.75) is 46.0 Å². The molecule has 1 N–H and O–H groups in total. The minimum atomic E-state index is 0.116. The number of nitrogens with one attached hydrogen (secondary N) is 1. The van der Waals surface area contributed by atoms with Crippen molar-refractivity contribution < 1.29 is 4.79 Å². The summed E-state index contributed by atoms with van der Waals surface area (Å²) in [5.41, 5.74) is 2.20. The number of anilines is 1. The summed E-state index contributed by atoms with van der Waals surface area (Å²) >= 11 is 0. The number of amides is 1. The summed E-state index contributed by atoms with van der Waals surface area (Å²) < 4.78 is 0. The summed E-state index contributed by atoms with van der Waals surface area (Å²) in [7, 11) is 0. The van der Waals surface area contributed by atoms with Gasteiger partial charge in [0, 0.05) is 25.2 Å². The van der Waals surface area contributed by atoms with Gasteiger partial charge in [-0.2, -0.15) is 0 Å². The van der Waals surface area contributed by atoms with Gasteiger partial charge in [0.05, 0.1) is 0 Å². The molecule has 0 spiro atoms. The second kappa shape index (κ2) is 7.60. The topological polar surface area (TPSA) is 32.3 Å². The molecule has 0 aromatic heterocycles. The number of piperidine rings is 1. The molecule has 1 aliphatic heterocycles.